The number of benzene rings is 2. The summed E-state index contributed by atoms with van der Waals surface area (Å²) >= 11 is 0. The summed E-state index contributed by atoms with van der Waals surface area (Å²) in [6.07, 6.45) is 1.27. The zero-order chi connectivity index (χ0) is 22.7. The van der Waals surface area contributed by atoms with E-state index in [2.05, 4.69) is 5.32 Å². The number of Topliss-reactive ketones (excluding diaryl/α,β-unsaturated/α-hetero) is 1. The number of ketones is 1. The largest absolute Gasteiger partial charge is 0.497 e. The van der Waals surface area contributed by atoms with Crippen LogP contribution in [0.1, 0.15) is 56.1 Å². The highest BCUT2D eigenvalue weighted by Crippen LogP contribution is 2.44. The molecule has 0 aromatic heterocycles. The van der Waals surface area contributed by atoms with E-state index in [0.717, 1.165) is 28.1 Å². The van der Waals surface area contributed by atoms with Crippen LogP contribution in [-0.4, -0.2) is 32.0 Å². The first-order valence-electron chi connectivity index (χ1n) is 11.1. The Kier molecular flexibility index (Phi) is 6.49. The minimum absolute atomic E-state index is 0.00900. The normalized spacial score (nSPS) is 20.5. The fraction of sp³-hybridized carbons (Fsp3) is 0.385. The van der Waals surface area contributed by atoms with E-state index in [-0.39, 0.29) is 29.9 Å². The molecular formula is C26H29NO5. The maximum Gasteiger partial charge on any atom is 0.225 e. The molecule has 0 saturated heterocycles. The van der Waals surface area contributed by atoms with Crippen molar-refractivity contribution in [2.75, 3.05) is 20.3 Å². The first-order valence-corrected chi connectivity index (χ1v) is 11.1. The van der Waals surface area contributed by atoms with Crippen molar-refractivity contribution in [2.45, 2.75) is 44.9 Å². The van der Waals surface area contributed by atoms with E-state index in [0.29, 0.717) is 37.6 Å². The first kappa shape index (κ1) is 21.9. The van der Waals surface area contributed by atoms with Crippen molar-refractivity contribution in [1.29, 1.82) is 0 Å². The number of carbonyl (C=O) groups excluding carboxylic acids is 2. The number of rotatable bonds is 7. The molecule has 6 nitrogen and oxygen atoms in total. The lowest BCUT2D eigenvalue weighted by Crippen LogP contribution is -2.38. The molecule has 0 radical (unpaired) electrons. The lowest BCUT2D eigenvalue weighted by Gasteiger charge is -2.34. The van der Waals surface area contributed by atoms with E-state index >= 15 is 0 Å². The Balaban J connectivity index is 1.69. The van der Waals surface area contributed by atoms with Crippen molar-refractivity contribution in [2.24, 2.45) is 0 Å². The smallest absolute Gasteiger partial charge is 0.225 e. The summed E-state index contributed by atoms with van der Waals surface area (Å²) < 4.78 is 16.8. The third-order valence-corrected chi connectivity index (χ3v) is 6.07. The minimum Gasteiger partial charge on any atom is -0.497 e. The molecule has 2 atom stereocenters. The van der Waals surface area contributed by atoms with E-state index < -0.39 is 0 Å². The van der Waals surface area contributed by atoms with Gasteiger partial charge < -0.3 is 19.5 Å². The van der Waals surface area contributed by atoms with Crippen LogP contribution in [0.4, 0.5) is 0 Å². The van der Waals surface area contributed by atoms with Crippen LogP contribution in [0.2, 0.25) is 0 Å². The molecule has 32 heavy (non-hydrogen) atoms. The van der Waals surface area contributed by atoms with Gasteiger partial charge in [0.15, 0.2) is 17.3 Å². The molecule has 1 aliphatic heterocycles. The topological polar surface area (TPSA) is 73.9 Å². The van der Waals surface area contributed by atoms with Crippen LogP contribution in [0.25, 0.3) is 0 Å². The average molecular weight is 436 g/mol. The summed E-state index contributed by atoms with van der Waals surface area (Å²) in [5, 5.41) is 2.98. The molecule has 0 fully saturated rings. The second kappa shape index (κ2) is 9.47. The van der Waals surface area contributed by atoms with Crippen molar-refractivity contribution in [3.05, 3.63) is 64.9 Å². The SMILES string of the molecule is CCOc1ccc(C2CC(=O)NC3=C2C(=O)CC(c2cccc(OC)c2)C3)cc1OCC. The summed E-state index contributed by atoms with van der Waals surface area (Å²) in [6.45, 7) is 4.88. The van der Waals surface area contributed by atoms with Crippen LogP contribution >= 0.6 is 0 Å². The summed E-state index contributed by atoms with van der Waals surface area (Å²) in [5.41, 5.74) is 3.39. The van der Waals surface area contributed by atoms with E-state index in [1.807, 2.05) is 56.3 Å². The Morgan fingerprint density at radius 3 is 2.44 bits per heavy atom. The standard InChI is InChI=1S/C26H29NO5/c1-4-31-23-10-9-17(14-24(23)32-5-2)20-15-25(29)27-21-12-18(13-22(28)26(20)21)16-7-6-8-19(11-16)30-3/h6-11,14,18,20H,4-5,12-13,15H2,1-3H3,(H,27,29). The van der Waals surface area contributed by atoms with Gasteiger partial charge in [0.2, 0.25) is 5.91 Å². The van der Waals surface area contributed by atoms with E-state index in [1.165, 1.54) is 0 Å². The van der Waals surface area contributed by atoms with Crippen LogP contribution in [0.5, 0.6) is 17.2 Å². The van der Waals surface area contributed by atoms with Crippen molar-refractivity contribution < 1.29 is 23.8 Å². The highest BCUT2D eigenvalue weighted by atomic mass is 16.5. The molecule has 1 amide bonds. The fourth-order valence-electron chi connectivity index (χ4n) is 4.66. The van der Waals surface area contributed by atoms with Crippen molar-refractivity contribution in [3.8, 4) is 17.2 Å². The van der Waals surface area contributed by atoms with Crippen molar-refractivity contribution in [3.63, 3.8) is 0 Å². The fourth-order valence-corrected chi connectivity index (χ4v) is 4.66. The lowest BCUT2D eigenvalue weighted by molar-refractivity contribution is -0.122. The van der Waals surface area contributed by atoms with Gasteiger partial charge in [-0.1, -0.05) is 18.2 Å². The van der Waals surface area contributed by atoms with Gasteiger partial charge >= 0.3 is 0 Å². The lowest BCUT2D eigenvalue weighted by atomic mass is 9.73. The van der Waals surface area contributed by atoms with Crippen molar-refractivity contribution in [1.82, 2.24) is 5.32 Å². The molecule has 1 aliphatic carbocycles. The summed E-state index contributed by atoms with van der Waals surface area (Å²) in [6, 6.07) is 13.5. The van der Waals surface area contributed by atoms with E-state index in [9.17, 15) is 9.59 Å². The Morgan fingerprint density at radius 1 is 0.906 bits per heavy atom. The number of hydrogen-bond acceptors (Lipinski definition) is 5. The van der Waals surface area contributed by atoms with E-state index in [1.54, 1.807) is 7.11 Å². The number of ether oxygens (including phenoxy) is 3. The number of hydrogen-bond donors (Lipinski definition) is 1. The maximum atomic E-state index is 13.3. The molecule has 2 aliphatic rings. The molecule has 1 N–H and O–H groups in total. The summed E-state index contributed by atoms with van der Waals surface area (Å²) in [4.78, 5) is 25.9. The highest BCUT2D eigenvalue weighted by Gasteiger charge is 2.38. The van der Waals surface area contributed by atoms with Gasteiger partial charge in [-0.15, -0.1) is 0 Å². The molecule has 6 heteroatoms. The van der Waals surface area contributed by atoms with Crippen LogP contribution in [0, 0.1) is 0 Å². The van der Waals surface area contributed by atoms with Gasteiger partial charge in [0.05, 0.1) is 20.3 Å². The summed E-state index contributed by atoms with van der Waals surface area (Å²) in [5.74, 6) is 1.80. The second-order valence-electron chi connectivity index (χ2n) is 8.07. The second-order valence-corrected chi connectivity index (χ2v) is 8.07. The number of allylic oxidation sites excluding steroid dienone is 2. The third kappa shape index (κ3) is 4.35. The summed E-state index contributed by atoms with van der Waals surface area (Å²) in [7, 11) is 1.63. The van der Waals surface area contributed by atoms with Gasteiger partial charge in [0.25, 0.3) is 0 Å². The van der Waals surface area contributed by atoms with Crippen LogP contribution in [-0.2, 0) is 9.59 Å². The van der Waals surface area contributed by atoms with Gasteiger partial charge in [-0.3, -0.25) is 9.59 Å². The van der Waals surface area contributed by atoms with Gasteiger partial charge in [-0.25, -0.2) is 0 Å². The zero-order valence-electron chi connectivity index (χ0n) is 18.8. The van der Waals surface area contributed by atoms with Gasteiger partial charge in [-0.2, -0.15) is 0 Å². The quantitative estimate of drug-likeness (QED) is 0.693. The predicted octanol–water partition coefficient (Wildman–Crippen LogP) is 4.50. The van der Waals surface area contributed by atoms with Crippen molar-refractivity contribution >= 4 is 11.7 Å². The Bertz CT molecular complexity index is 1060. The molecule has 0 bridgehead atoms. The van der Waals surface area contributed by atoms with Gasteiger partial charge in [0, 0.05) is 30.0 Å². The highest BCUT2D eigenvalue weighted by molar-refractivity contribution is 6.02. The first-order chi connectivity index (χ1) is 15.5. The van der Waals surface area contributed by atoms with E-state index in [4.69, 9.17) is 14.2 Å². The predicted molar refractivity (Wildman–Crippen MR) is 121 cm³/mol. The van der Waals surface area contributed by atoms with Crippen LogP contribution < -0.4 is 19.5 Å². The average Bonchev–Trinajstić information content (AvgIpc) is 2.79. The van der Waals surface area contributed by atoms with Crippen LogP contribution in [0.3, 0.4) is 0 Å². The molecule has 2 unspecified atom stereocenters. The number of methoxy groups -OCH3 is 1. The monoisotopic (exact) mass is 435 g/mol. The molecule has 4 rings (SSSR count). The Hall–Kier alpha value is -3.28. The Morgan fingerprint density at radius 2 is 1.69 bits per heavy atom. The number of amides is 1. The maximum absolute atomic E-state index is 13.3. The number of nitrogens with one attached hydrogen (secondary N) is 1. The van der Waals surface area contributed by atoms with Crippen LogP contribution in [0.15, 0.2) is 53.7 Å². The molecule has 168 valence electrons. The number of carbonyl (C=O) groups is 2. The van der Waals surface area contributed by atoms with Gasteiger partial charge in [0.1, 0.15) is 5.75 Å². The molecule has 2 aromatic carbocycles. The zero-order valence-corrected chi connectivity index (χ0v) is 18.8. The molecular weight excluding hydrogens is 406 g/mol. The molecule has 2 aromatic rings. The molecule has 1 heterocycles. The third-order valence-electron chi connectivity index (χ3n) is 6.07. The minimum atomic E-state index is -0.285. The molecule has 0 spiro atoms. The molecule has 0 saturated carbocycles. The Labute approximate surface area is 188 Å². The van der Waals surface area contributed by atoms with Gasteiger partial charge in [-0.05, 0) is 61.6 Å².